The van der Waals surface area contributed by atoms with Crippen LogP contribution in [0, 0.1) is 0 Å². The quantitative estimate of drug-likeness (QED) is 0.136. The molecule has 198 valence electrons. The molecule has 0 aliphatic rings. The molecule has 4 heteroatoms. The van der Waals surface area contributed by atoms with E-state index < -0.39 is 0 Å². The Morgan fingerprint density at radius 1 is 0.425 bits per heavy atom. The van der Waals surface area contributed by atoms with Gasteiger partial charge in [-0.25, -0.2) is 0 Å². The van der Waals surface area contributed by atoms with E-state index in [9.17, 15) is 0 Å². The average Bonchev–Trinajstić information content (AvgIpc) is 3.02. The fraction of sp³-hybridized carbons (Fsp3) is 0.111. The van der Waals surface area contributed by atoms with Crippen LogP contribution >= 0.6 is 0 Å². The van der Waals surface area contributed by atoms with Gasteiger partial charge in [-0.2, -0.15) is 10.2 Å². The summed E-state index contributed by atoms with van der Waals surface area (Å²) in [5.74, 6) is 0. The molecule has 0 atom stereocenters. The van der Waals surface area contributed by atoms with Crippen molar-refractivity contribution in [2.75, 3.05) is 10.0 Å². The molecular weight excluding hydrogens is 488 g/mol. The van der Waals surface area contributed by atoms with Crippen LogP contribution in [-0.2, 0) is 13.1 Å². The molecule has 5 rings (SSSR count). The molecule has 0 N–H and O–H groups in total. The molecule has 0 heterocycles. The van der Waals surface area contributed by atoms with E-state index in [1.165, 1.54) is 11.1 Å². The minimum atomic E-state index is 0.697. The van der Waals surface area contributed by atoms with Crippen molar-refractivity contribution in [2.45, 2.75) is 26.9 Å². The van der Waals surface area contributed by atoms with Crippen LogP contribution in [0.15, 0.2) is 156 Å². The first-order chi connectivity index (χ1) is 19.7. The predicted molar refractivity (Wildman–Crippen MR) is 169 cm³/mol. The van der Waals surface area contributed by atoms with Crippen molar-refractivity contribution < 1.29 is 0 Å². The topological polar surface area (TPSA) is 31.2 Å². The fourth-order valence-corrected chi connectivity index (χ4v) is 4.51. The van der Waals surface area contributed by atoms with Gasteiger partial charge in [0.05, 0.1) is 35.9 Å². The predicted octanol–water partition coefficient (Wildman–Crippen LogP) is 8.55. The Labute approximate surface area is 237 Å². The van der Waals surface area contributed by atoms with Crippen molar-refractivity contribution in [3.05, 3.63) is 168 Å². The van der Waals surface area contributed by atoms with Crippen LogP contribution in [0.1, 0.15) is 36.1 Å². The highest BCUT2D eigenvalue weighted by molar-refractivity contribution is 6.02. The lowest BCUT2D eigenvalue weighted by Crippen LogP contribution is -2.18. The number of anilines is 2. The van der Waals surface area contributed by atoms with Gasteiger partial charge in [0.15, 0.2) is 0 Å². The summed E-state index contributed by atoms with van der Waals surface area (Å²) >= 11 is 0. The van der Waals surface area contributed by atoms with Crippen LogP contribution in [0.5, 0.6) is 0 Å². The molecule has 0 spiro atoms. The van der Waals surface area contributed by atoms with Crippen molar-refractivity contribution in [1.82, 2.24) is 0 Å². The monoisotopic (exact) mass is 522 g/mol. The number of hydrogen-bond acceptors (Lipinski definition) is 4. The minimum absolute atomic E-state index is 0.697. The maximum atomic E-state index is 5.03. The van der Waals surface area contributed by atoms with E-state index >= 15 is 0 Å². The lowest BCUT2D eigenvalue weighted by Gasteiger charge is -2.21. The van der Waals surface area contributed by atoms with Gasteiger partial charge in [-0.3, -0.25) is 10.0 Å². The highest BCUT2D eigenvalue weighted by Gasteiger charge is 2.10. The van der Waals surface area contributed by atoms with E-state index in [2.05, 4.69) is 121 Å². The van der Waals surface area contributed by atoms with E-state index in [0.717, 1.165) is 33.9 Å². The van der Waals surface area contributed by atoms with Crippen molar-refractivity contribution in [1.29, 1.82) is 0 Å². The van der Waals surface area contributed by atoms with Crippen LogP contribution in [-0.4, -0.2) is 11.4 Å². The summed E-state index contributed by atoms with van der Waals surface area (Å²) in [7, 11) is 0. The molecule has 0 radical (unpaired) electrons. The molecule has 4 nitrogen and oxygen atoms in total. The van der Waals surface area contributed by atoms with E-state index in [0.29, 0.717) is 13.1 Å². The number of rotatable bonds is 10. The van der Waals surface area contributed by atoms with Gasteiger partial charge in [-0.05, 0) is 60.4 Å². The Morgan fingerprint density at radius 2 is 0.725 bits per heavy atom. The third-order valence-corrected chi connectivity index (χ3v) is 6.72. The second-order valence-corrected chi connectivity index (χ2v) is 9.71. The number of hydrazone groups is 2. The zero-order valence-electron chi connectivity index (χ0n) is 23.1. The molecule has 5 aromatic carbocycles. The van der Waals surface area contributed by atoms with Crippen LogP contribution in [0.25, 0.3) is 0 Å². The third kappa shape index (κ3) is 7.12. The average molecular weight is 523 g/mol. The Hall–Kier alpha value is -4.96. The second-order valence-electron chi connectivity index (χ2n) is 9.71. The van der Waals surface area contributed by atoms with Crippen LogP contribution in [0.4, 0.5) is 11.4 Å². The molecule has 0 aliphatic carbocycles. The minimum Gasteiger partial charge on any atom is -0.261 e. The molecular formula is C36H34N4. The first-order valence-electron chi connectivity index (χ1n) is 13.6. The maximum Gasteiger partial charge on any atom is 0.0666 e. The second kappa shape index (κ2) is 13.2. The lowest BCUT2D eigenvalue weighted by molar-refractivity contribution is 0.853. The van der Waals surface area contributed by atoms with Crippen molar-refractivity contribution >= 4 is 22.8 Å². The first-order valence-corrected chi connectivity index (χ1v) is 13.6. The van der Waals surface area contributed by atoms with Crippen LogP contribution in [0.2, 0.25) is 0 Å². The third-order valence-electron chi connectivity index (χ3n) is 6.72. The number of nitrogens with zero attached hydrogens (tertiary/aromatic N) is 4. The zero-order valence-corrected chi connectivity index (χ0v) is 23.1. The molecule has 0 amide bonds. The normalized spacial score (nSPS) is 11.8. The smallest absolute Gasteiger partial charge is 0.0666 e. The summed E-state index contributed by atoms with van der Waals surface area (Å²) in [6, 6.07) is 50.0. The molecule has 40 heavy (non-hydrogen) atoms. The molecule has 0 unspecified atom stereocenters. The Morgan fingerprint density at radius 3 is 1.05 bits per heavy atom. The van der Waals surface area contributed by atoms with Gasteiger partial charge >= 0.3 is 0 Å². The first kappa shape index (κ1) is 26.6. The molecule has 0 fully saturated rings. The summed E-state index contributed by atoms with van der Waals surface area (Å²) in [4.78, 5) is 0. The highest BCUT2D eigenvalue weighted by atomic mass is 15.5. The largest absolute Gasteiger partial charge is 0.261 e. The Balaban J connectivity index is 1.38. The van der Waals surface area contributed by atoms with E-state index in [1.54, 1.807) is 0 Å². The molecule has 5 aromatic rings. The molecule has 0 bridgehead atoms. The number of benzene rings is 5. The molecule has 0 saturated heterocycles. The number of hydrogen-bond donors (Lipinski definition) is 0. The maximum absolute atomic E-state index is 5.03. The van der Waals surface area contributed by atoms with Crippen molar-refractivity contribution in [3.8, 4) is 0 Å². The molecule has 0 aromatic heterocycles. The van der Waals surface area contributed by atoms with Gasteiger partial charge in [0.1, 0.15) is 0 Å². The summed E-state index contributed by atoms with van der Waals surface area (Å²) in [6.07, 6.45) is 0. The molecule has 0 aliphatic heterocycles. The summed E-state index contributed by atoms with van der Waals surface area (Å²) < 4.78 is 0. The zero-order chi connectivity index (χ0) is 27.6. The number of para-hydroxylation sites is 2. The SMILES string of the molecule is CC(=NN(Cc1ccccc1)c1ccccc1)c1ccc(C(C)=NN(Cc2ccccc2)c2ccccc2)cc1. The summed E-state index contributed by atoms with van der Waals surface area (Å²) in [6.45, 7) is 5.52. The Bertz CT molecular complexity index is 1410. The van der Waals surface area contributed by atoms with Crippen molar-refractivity contribution in [2.24, 2.45) is 10.2 Å². The van der Waals surface area contributed by atoms with Crippen LogP contribution in [0.3, 0.4) is 0 Å². The van der Waals surface area contributed by atoms with Crippen LogP contribution < -0.4 is 10.0 Å². The van der Waals surface area contributed by atoms with Gasteiger partial charge in [0.25, 0.3) is 0 Å². The van der Waals surface area contributed by atoms with Gasteiger partial charge < -0.3 is 0 Å². The molecule has 0 saturated carbocycles. The standard InChI is InChI=1S/C36H34N4/c1-29(37-39(35-19-11-5-12-20-35)27-31-15-7-3-8-16-31)33-23-25-34(26-24-33)30(2)38-40(36-21-13-6-14-22-36)28-32-17-9-4-10-18-32/h3-26H,27-28H2,1-2H3. The summed E-state index contributed by atoms with van der Waals surface area (Å²) in [5.41, 5.74) is 8.61. The van der Waals surface area contributed by atoms with Gasteiger partial charge in [-0.15, -0.1) is 0 Å². The Kier molecular flexibility index (Phi) is 8.80. The fourth-order valence-electron chi connectivity index (χ4n) is 4.51. The lowest BCUT2D eigenvalue weighted by atomic mass is 10.1. The van der Waals surface area contributed by atoms with Crippen molar-refractivity contribution in [3.63, 3.8) is 0 Å². The van der Waals surface area contributed by atoms with Gasteiger partial charge in [-0.1, -0.05) is 121 Å². The van der Waals surface area contributed by atoms with Gasteiger partial charge in [0.2, 0.25) is 0 Å². The highest BCUT2D eigenvalue weighted by Crippen LogP contribution is 2.20. The van der Waals surface area contributed by atoms with E-state index in [4.69, 9.17) is 10.2 Å². The van der Waals surface area contributed by atoms with E-state index in [1.807, 2.05) is 48.5 Å². The van der Waals surface area contributed by atoms with E-state index in [-0.39, 0.29) is 0 Å². The van der Waals surface area contributed by atoms with Gasteiger partial charge in [0, 0.05) is 0 Å². The summed E-state index contributed by atoms with van der Waals surface area (Å²) in [5, 5.41) is 14.2.